The molecule has 0 aliphatic rings. The zero-order valence-corrected chi connectivity index (χ0v) is 14.6. The lowest BCUT2D eigenvalue weighted by Crippen LogP contribution is -2.31. The van der Waals surface area contributed by atoms with Crippen LogP contribution in [0.1, 0.15) is 29.7 Å². The van der Waals surface area contributed by atoms with Gasteiger partial charge >= 0.3 is 0 Å². The highest BCUT2D eigenvalue weighted by atomic mass is 79.9. The number of ether oxygens (including phenoxy) is 1. The van der Waals surface area contributed by atoms with Crippen molar-refractivity contribution in [2.45, 2.75) is 26.8 Å². The molecule has 2 aromatic rings. The third kappa shape index (κ3) is 4.10. The summed E-state index contributed by atoms with van der Waals surface area (Å²) in [5.74, 6) is 0.650. The highest BCUT2D eigenvalue weighted by Gasteiger charge is 2.13. The molecule has 2 aromatic carbocycles. The van der Waals surface area contributed by atoms with Crippen LogP contribution in [0.15, 0.2) is 46.9 Å². The van der Waals surface area contributed by atoms with Crippen LogP contribution < -0.4 is 10.1 Å². The lowest BCUT2D eigenvalue weighted by atomic mass is 10.1. The number of hydrogen-bond acceptors (Lipinski definition) is 2. The second-order valence-electron chi connectivity index (χ2n) is 5.32. The summed E-state index contributed by atoms with van der Waals surface area (Å²) in [5.41, 5.74) is 3.11. The summed E-state index contributed by atoms with van der Waals surface area (Å²) < 4.78 is 6.66. The Morgan fingerprint density at radius 1 is 1.14 bits per heavy atom. The molecular weight excluding hydrogens is 342 g/mol. The van der Waals surface area contributed by atoms with Crippen LogP contribution in [0.5, 0.6) is 5.75 Å². The largest absolute Gasteiger partial charge is 0.483 e. The molecule has 0 aromatic heterocycles. The Balaban J connectivity index is 1.95. The molecule has 0 spiro atoms. The molecule has 0 heterocycles. The highest BCUT2D eigenvalue weighted by Crippen LogP contribution is 2.23. The summed E-state index contributed by atoms with van der Waals surface area (Å²) >= 11 is 3.50. The normalized spacial score (nSPS) is 11.8. The molecule has 0 saturated heterocycles. The fourth-order valence-corrected chi connectivity index (χ4v) is 2.98. The van der Waals surface area contributed by atoms with Crippen molar-refractivity contribution < 1.29 is 9.53 Å². The number of amides is 1. The molecule has 2 rings (SSSR count). The van der Waals surface area contributed by atoms with E-state index in [0.29, 0.717) is 0 Å². The van der Waals surface area contributed by atoms with Gasteiger partial charge in [0.15, 0.2) is 6.61 Å². The summed E-state index contributed by atoms with van der Waals surface area (Å²) in [4.78, 5) is 12.1. The maximum atomic E-state index is 12.1. The molecule has 0 saturated carbocycles. The van der Waals surface area contributed by atoms with E-state index in [4.69, 9.17) is 4.74 Å². The van der Waals surface area contributed by atoms with Crippen LogP contribution in [0.4, 0.5) is 0 Å². The van der Waals surface area contributed by atoms with E-state index < -0.39 is 0 Å². The molecule has 1 atom stereocenters. The van der Waals surface area contributed by atoms with Crippen LogP contribution >= 0.6 is 15.9 Å². The minimum atomic E-state index is -0.133. The van der Waals surface area contributed by atoms with Gasteiger partial charge in [-0.05, 0) is 43.5 Å². The van der Waals surface area contributed by atoms with Crippen molar-refractivity contribution >= 4 is 21.8 Å². The van der Waals surface area contributed by atoms with Gasteiger partial charge in [-0.2, -0.15) is 0 Å². The lowest BCUT2D eigenvalue weighted by molar-refractivity contribution is -0.123. The Morgan fingerprint density at radius 3 is 2.41 bits per heavy atom. The molecule has 1 unspecified atom stereocenters. The molecule has 0 radical (unpaired) electrons. The number of para-hydroxylation sites is 1. The number of carbonyl (C=O) groups is 1. The minimum Gasteiger partial charge on any atom is -0.483 e. The summed E-state index contributed by atoms with van der Waals surface area (Å²) in [5, 5.41) is 2.95. The molecule has 4 heteroatoms. The van der Waals surface area contributed by atoms with Crippen LogP contribution in [0.2, 0.25) is 0 Å². The second-order valence-corrected chi connectivity index (χ2v) is 6.17. The molecule has 1 amide bonds. The van der Waals surface area contributed by atoms with Crippen molar-refractivity contribution in [1.29, 1.82) is 0 Å². The maximum Gasteiger partial charge on any atom is 0.258 e. The first-order valence-corrected chi connectivity index (χ1v) is 8.01. The van der Waals surface area contributed by atoms with Gasteiger partial charge in [-0.1, -0.05) is 52.3 Å². The predicted molar refractivity (Wildman–Crippen MR) is 92.1 cm³/mol. The van der Waals surface area contributed by atoms with Crippen molar-refractivity contribution in [3.05, 3.63) is 63.6 Å². The van der Waals surface area contributed by atoms with Gasteiger partial charge in [-0.25, -0.2) is 0 Å². The third-order valence-electron chi connectivity index (χ3n) is 3.51. The number of nitrogens with one attached hydrogen (secondary N) is 1. The van der Waals surface area contributed by atoms with Gasteiger partial charge in [0.25, 0.3) is 5.91 Å². The number of halogens is 1. The third-order valence-corrected chi connectivity index (χ3v) is 4.23. The molecule has 116 valence electrons. The average Bonchev–Trinajstić information content (AvgIpc) is 2.47. The van der Waals surface area contributed by atoms with E-state index in [0.717, 1.165) is 26.9 Å². The molecule has 0 bridgehead atoms. The first-order valence-electron chi connectivity index (χ1n) is 7.22. The van der Waals surface area contributed by atoms with Gasteiger partial charge < -0.3 is 10.1 Å². The average molecular weight is 362 g/mol. The molecule has 22 heavy (non-hydrogen) atoms. The van der Waals surface area contributed by atoms with Gasteiger partial charge in [0.1, 0.15) is 5.75 Å². The zero-order chi connectivity index (χ0) is 16.1. The fourth-order valence-electron chi connectivity index (χ4n) is 2.35. The van der Waals surface area contributed by atoms with E-state index in [1.165, 1.54) is 0 Å². The molecule has 0 aliphatic heterocycles. The summed E-state index contributed by atoms with van der Waals surface area (Å²) in [7, 11) is 0. The number of rotatable bonds is 5. The Morgan fingerprint density at radius 2 is 1.77 bits per heavy atom. The van der Waals surface area contributed by atoms with Crippen LogP contribution in [0.25, 0.3) is 0 Å². The second kappa shape index (κ2) is 7.45. The van der Waals surface area contributed by atoms with Crippen molar-refractivity contribution in [2.75, 3.05) is 6.61 Å². The van der Waals surface area contributed by atoms with Gasteiger partial charge in [0, 0.05) is 4.47 Å². The first-order chi connectivity index (χ1) is 10.5. The number of hydrogen-bond donors (Lipinski definition) is 1. The van der Waals surface area contributed by atoms with Crippen LogP contribution in [0, 0.1) is 13.8 Å². The van der Waals surface area contributed by atoms with Crippen molar-refractivity contribution in [1.82, 2.24) is 5.32 Å². The van der Waals surface area contributed by atoms with Crippen LogP contribution in [-0.4, -0.2) is 12.5 Å². The van der Waals surface area contributed by atoms with Gasteiger partial charge in [-0.3, -0.25) is 4.79 Å². The SMILES string of the molecule is Cc1cccc(C)c1OCC(=O)NC(C)c1ccccc1Br. The molecule has 0 aliphatic carbocycles. The fraction of sp³-hybridized carbons (Fsp3) is 0.278. The monoisotopic (exact) mass is 361 g/mol. The Kier molecular flexibility index (Phi) is 5.61. The van der Waals surface area contributed by atoms with E-state index in [9.17, 15) is 4.79 Å². The van der Waals surface area contributed by atoms with Crippen molar-refractivity contribution in [2.24, 2.45) is 0 Å². The van der Waals surface area contributed by atoms with Gasteiger partial charge in [0.2, 0.25) is 0 Å². The number of aryl methyl sites for hydroxylation is 2. The van der Waals surface area contributed by atoms with Crippen LogP contribution in [-0.2, 0) is 4.79 Å². The first kappa shape index (κ1) is 16.6. The zero-order valence-electron chi connectivity index (χ0n) is 13.0. The van der Waals surface area contributed by atoms with E-state index in [-0.39, 0.29) is 18.6 Å². The van der Waals surface area contributed by atoms with Gasteiger partial charge in [0.05, 0.1) is 6.04 Å². The number of carbonyl (C=O) groups excluding carboxylic acids is 1. The molecule has 0 fully saturated rings. The number of benzene rings is 2. The van der Waals surface area contributed by atoms with Crippen LogP contribution in [0.3, 0.4) is 0 Å². The minimum absolute atomic E-state index is 0.0144. The topological polar surface area (TPSA) is 38.3 Å². The van der Waals surface area contributed by atoms with Gasteiger partial charge in [-0.15, -0.1) is 0 Å². The quantitative estimate of drug-likeness (QED) is 0.860. The molecular formula is C18H20BrNO2. The molecule has 3 nitrogen and oxygen atoms in total. The highest BCUT2D eigenvalue weighted by molar-refractivity contribution is 9.10. The summed E-state index contributed by atoms with van der Waals surface area (Å²) in [6, 6.07) is 13.7. The molecule has 1 N–H and O–H groups in total. The van der Waals surface area contributed by atoms with E-state index in [2.05, 4.69) is 21.2 Å². The Bertz CT molecular complexity index is 650. The Hall–Kier alpha value is -1.81. The summed E-state index contributed by atoms with van der Waals surface area (Å²) in [6.45, 7) is 5.92. The van der Waals surface area contributed by atoms with E-state index >= 15 is 0 Å². The Labute approximate surface area is 139 Å². The van der Waals surface area contributed by atoms with Crippen molar-refractivity contribution in [3.63, 3.8) is 0 Å². The smallest absolute Gasteiger partial charge is 0.258 e. The maximum absolute atomic E-state index is 12.1. The van der Waals surface area contributed by atoms with Crippen molar-refractivity contribution in [3.8, 4) is 5.75 Å². The predicted octanol–water partition coefficient (Wildman–Crippen LogP) is 4.32. The standard InChI is InChI=1S/C18H20BrNO2/c1-12-7-6-8-13(2)18(12)22-11-17(21)20-14(3)15-9-4-5-10-16(15)19/h4-10,14H,11H2,1-3H3,(H,20,21). The van der Waals surface area contributed by atoms with E-state index in [1.54, 1.807) is 0 Å². The van der Waals surface area contributed by atoms with E-state index in [1.807, 2.05) is 63.2 Å². The summed E-state index contributed by atoms with van der Waals surface area (Å²) in [6.07, 6.45) is 0. The lowest BCUT2D eigenvalue weighted by Gasteiger charge is -2.17.